The van der Waals surface area contributed by atoms with E-state index in [-0.39, 0.29) is 6.61 Å². The van der Waals surface area contributed by atoms with E-state index < -0.39 is 11.8 Å². The predicted molar refractivity (Wildman–Crippen MR) is 130 cm³/mol. The zero-order valence-corrected chi connectivity index (χ0v) is 18.2. The molecule has 2 amide bonds. The second-order valence-electron chi connectivity index (χ2n) is 8.32. The minimum absolute atomic E-state index is 0.0448. The molecule has 1 aromatic carbocycles. The fourth-order valence-corrected chi connectivity index (χ4v) is 4.81. The summed E-state index contributed by atoms with van der Waals surface area (Å²) in [6.07, 6.45) is 12.9. The number of carbonyl (C=O) groups is 2. The van der Waals surface area contributed by atoms with Gasteiger partial charge in [0.15, 0.2) is 0 Å². The third-order valence-corrected chi connectivity index (χ3v) is 6.29. The van der Waals surface area contributed by atoms with Gasteiger partial charge in [-0.15, -0.1) is 0 Å². The number of hydrogen-bond donors (Lipinski definition) is 2. The summed E-state index contributed by atoms with van der Waals surface area (Å²) in [5.74, 6) is -0.900. The molecule has 3 aromatic heterocycles. The van der Waals surface area contributed by atoms with Gasteiger partial charge in [-0.1, -0.05) is 36.4 Å². The molecule has 34 heavy (non-hydrogen) atoms. The summed E-state index contributed by atoms with van der Waals surface area (Å²) in [5.41, 5.74) is 3.81. The Morgan fingerprint density at radius 1 is 1.06 bits per heavy atom. The van der Waals surface area contributed by atoms with Gasteiger partial charge in [-0.3, -0.25) is 14.9 Å². The first-order valence-electron chi connectivity index (χ1n) is 11.2. The van der Waals surface area contributed by atoms with Gasteiger partial charge in [0.25, 0.3) is 11.8 Å². The van der Waals surface area contributed by atoms with Gasteiger partial charge in [0.1, 0.15) is 16.6 Å². The van der Waals surface area contributed by atoms with Crippen molar-refractivity contribution in [2.45, 2.75) is 19.4 Å². The van der Waals surface area contributed by atoms with Crippen LogP contribution in [0.5, 0.6) is 0 Å². The molecular weight excluding hydrogens is 430 g/mol. The molecule has 2 aliphatic rings. The van der Waals surface area contributed by atoms with E-state index in [1.807, 2.05) is 47.2 Å². The molecule has 7 heteroatoms. The molecule has 0 fully saturated rings. The SMILES string of the molecule is O=C1NC(=O)C(c2cccc3c4c(oc23)=CC=CCC=4)=C1c1cn(CCCO)c2ncccc12. The summed E-state index contributed by atoms with van der Waals surface area (Å²) in [6, 6.07) is 9.36. The minimum Gasteiger partial charge on any atom is -0.455 e. The molecule has 0 bridgehead atoms. The lowest BCUT2D eigenvalue weighted by molar-refractivity contribution is -0.122. The molecule has 0 saturated heterocycles. The molecule has 1 aliphatic heterocycles. The van der Waals surface area contributed by atoms with E-state index >= 15 is 0 Å². The van der Waals surface area contributed by atoms with Crippen molar-refractivity contribution in [3.63, 3.8) is 0 Å². The Bertz CT molecular complexity index is 1680. The Morgan fingerprint density at radius 3 is 2.74 bits per heavy atom. The van der Waals surface area contributed by atoms with Crippen LogP contribution in [0.2, 0.25) is 0 Å². The van der Waals surface area contributed by atoms with E-state index in [4.69, 9.17) is 4.42 Å². The number of rotatable bonds is 5. The van der Waals surface area contributed by atoms with Crippen molar-refractivity contribution in [1.29, 1.82) is 0 Å². The number of aromatic nitrogens is 2. The smallest absolute Gasteiger partial charge is 0.259 e. The van der Waals surface area contributed by atoms with Gasteiger partial charge < -0.3 is 14.1 Å². The first-order chi connectivity index (χ1) is 16.7. The Hall–Kier alpha value is -4.23. The zero-order valence-electron chi connectivity index (χ0n) is 18.2. The second kappa shape index (κ2) is 7.97. The molecule has 0 atom stereocenters. The lowest BCUT2D eigenvalue weighted by Crippen LogP contribution is -2.22. The van der Waals surface area contributed by atoms with Crippen LogP contribution in [0.4, 0.5) is 0 Å². The van der Waals surface area contributed by atoms with Crippen molar-refractivity contribution in [1.82, 2.24) is 14.9 Å². The molecule has 168 valence electrons. The number of imide groups is 1. The molecule has 1 aliphatic carbocycles. The largest absolute Gasteiger partial charge is 0.455 e. The number of pyridine rings is 1. The Morgan fingerprint density at radius 2 is 1.88 bits per heavy atom. The van der Waals surface area contributed by atoms with Crippen LogP contribution in [-0.2, 0) is 16.1 Å². The van der Waals surface area contributed by atoms with Crippen LogP contribution in [0.1, 0.15) is 24.0 Å². The van der Waals surface area contributed by atoms with Crippen LogP contribution in [0.15, 0.2) is 59.3 Å². The number of hydrogen-bond acceptors (Lipinski definition) is 5. The summed E-state index contributed by atoms with van der Waals surface area (Å²) in [6.45, 7) is 0.588. The number of fused-ring (bicyclic) bond motifs is 4. The number of carbonyl (C=O) groups excluding carboxylic acids is 2. The molecule has 4 heterocycles. The van der Waals surface area contributed by atoms with E-state index in [2.05, 4.69) is 22.5 Å². The summed E-state index contributed by atoms with van der Waals surface area (Å²) < 4.78 is 8.13. The predicted octanol–water partition coefficient (Wildman–Crippen LogP) is 2.25. The first kappa shape index (κ1) is 20.4. The molecule has 6 rings (SSSR count). The maximum absolute atomic E-state index is 13.1. The summed E-state index contributed by atoms with van der Waals surface area (Å²) >= 11 is 0. The summed E-state index contributed by atoms with van der Waals surface area (Å²) in [4.78, 5) is 30.7. The fraction of sp³-hybridized carbons (Fsp3) is 0.148. The number of aliphatic hydroxyl groups is 1. The lowest BCUT2D eigenvalue weighted by Gasteiger charge is -2.05. The zero-order chi connectivity index (χ0) is 23.2. The highest BCUT2D eigenvalue weighted by molar-refractivity contribution is 6.50. The van der Waals surface area contributed by atoms with Crippen molar-refractivity contribution in [3.05, 3.63) is 76.6 Å². The summed E-state index contributed by atoms with van der Waals surface area (Å²) in [7, 11) is 0. The van der Waals surface area contributed by atoms with Crippen LogP contribution in [0, 0.1) is 0 Å². The molecular formula is C27H21N3O4. The Kier molecular flexibility index (Phi) is 4.78. The number of para-hydroxylation sites is 1. The first-order valence-corrected chi connectivity index (χ1v) is 11.2. The quantitative estimate of drug-likeness (QED) is 0.454. The average Bonchev–Trinajstić information content (AvgIpc) is 3.41. The molecule has 0 radical (unpaired) electrons. The van der Waals surface area contributed by atoms with Crippen LogP contribution in [0.3, 0.4) is 0 Å². The fourth-order valence-electron chi connectivity index (χ4n) is 4.81. The van der Waals surface area contributed by atoms with Gasteiger partial charge in [-0.05, 0) is 31.1 Å². The van der Waals surface area contributed by atoms with Crippen LogP contribution in [0.25, 0.3) is 45.3 Å². The van der Waals surface area contributed by atoms with Gasteiger partial charge >= 0.3 is 0 Å². The third-order valence-electron chi connectivity index (χ3n) is 6.29. The van der Waals surface area contributed by atoms with Crippen LogP contribution < -0.4 is 16.0 Å². The van der Waals surface area contributed by atoms with Gasteiger partial charge in [0, 0.05) is 52.7 Å². The van der Waals surface area contributed by atoms with Crippen molar-refractivity contribution < 1.29 is 19.1 Å². The van der Waals surface area contributed by atoms with Crippen molar-refractivity contribution in [2.24, 2.45) is 0 Å². The average molecular weight is 451 g/mol. The molecule has 0 spiro atoms. The van der Waals surface area contributed by atoms with E-state index in [0.717, 1.165) is 27.8 Å². The number of aliphatic hydroxyl groups excluding tert-OH is 1. The molecule has 0 saturated carbocycles. The number of nitrogens with one attached hydrogen (secondary N) is 1. The topological polar surface area (TPSA) is 97.4 Å². The number of benzene rings is 1. The second-order valence-corrected chi connectivity index (χ2v) is 8.32. The molecule has 2 N–H and O–H groups in total. The normalized spacial score (nSPS) is 15.4. The number of aryl methyl sites for hydroxylation is 1. The lowest BCUT2D eigenvalue weighted by atomic mass is 9.95. The standard InChI is InChI=1S/C27H21N3O4/c31-14-6-13-30-15-20(18-10-5-12-28-25(18)30)23-22(26(32)29-27(23)33)19-9-4-8-17-16-7-2-1-3-11-21(16)34-24(17)19/h1,3-5,7-12,15,31H,2,6,13-14H2,(H,29,32,33). The van der Waals surface area contributed by atoms with Gasteiger partial charge in [-0.2, -0.15) is 0 Å². The van der Waals surface area contributed by atoms with Gasteiger partial charge in [0.2, 0.25) is 0 Å². The van der Waals surface area contributed by atoms with Crippen LogP contribution >= 0.6 is 0 Å². The molecule has 4 aromatic rings. The third kappa shape index (κ3) is 3.05. The maximum Gasteiger partial charge on any atom is 0.259 e. The number of amides is 2. The molecule has 0 unspecified atom stereocenters. The monoisotopic (exact) mass is 451 g/mol. The number of nitrogens with zero attached hydrogens (tertiary/aromatic N) is 2. The number of allylic oxidation sites excluding steroid dienone is 2. The van der Waals surface area contributed by atoms with Crippen molar-refractivity contribution >= 4 is 57.1 Å². The van der Waals surface area contributed by atoms with Crippen molar-refractivity contribution in [2.75, 3.05) is 6.61 Å². The highest BCUT2D eigenvalue weighted by Crippen LogP contribution is 2.37. The van der Waals surface area contributed by atoms with E-state index in [9.17, 15) is 14.7 Å². The summed E-state index contributed by atoms with van der Waals surface area (Å²) in [5, 5.41) is 14.4. The number of furan rings is 1. The maximum atomic E-state index is 13.1. The Labute approximate surface area is 194 Å². The van der Waals surface area contributed by atoms with Crippen molar-refractivity contribution in [3.8, 4) is 0 Å². The minimum atomic E-state index is -0.452. The van der Waals surface area contributed by atoms with E-state index in [1.165, 1.54) is 0 Å². The highest BCUT2D eigenvalue weighted by Gasteiger charge is 2.35. The molecule has 7 nitrogen and oxygen atoms in total. The van der Waals surface area contributed by atoms with E-state index in [0.29, 0.717) is 46.5 Å². The highest BCUT2D eigenvalue weighted by atomic mass is 16.3. The van der Waals surface area contributed by atoms with Gasteiger partial charge in [0.05, 0.1) is 11.1 Å². The Balaban J connectivity index is 1.65. The van der Waals surface area contributed by atoms with E-state index in [1.54, 1.807) is 12.3 Å². The van der Waals surface area contributed by atoms with Crippen LogP contribution in [-0.4, -0.2) is 33.1 Å². The van der Waals surface area contributed by atoms with Gasteiger partial charge in [-0.25, -0.2) is 4.98 Å².